The van der Waals surface area contributed by atoms with Gasteiger partial charge in [-0.2, -0.15) is 0 Å². The summed E-state index contributed by atoms with van der Waals surface area (Å²) >= 11 is 6.02. The number of non-ortho nitro benzene ring substituents is 1. The Kier molecular flexibility index (Phi) is 6.19. The van der Waals surface area contributed by atoms with Gasteiger partial charge in [-0.05, 0) is 41.5 Å². The fourth-order valence-electron chi connectivity index (χ4n) is 3.01. The van der Waals surface area contributed by atoms with E-state index >= 15 is 0 Å². The minimum Gasteiger partial charge on any atom is -0.484 e. The Morgan fingerprint density at radius 1 is 0.969 bits per heavy atom. The van der Waals surface area contributed by atoms with Crippen LogP contribution in [0.15, 0.2) is 89.3 Å². The van der Waals surface area contributed by atoms with Gasteiger partial charge < -0.3 is 14.5 Å². The molecule has 0 aliphatic rings. The highest BCUT2D eigenvalue weighted by Gasteiger charge is 2.14. The number of carbonyl (C=O) groups is 1. The first kappa shape index (κ1) is 21.1. The number of nitro groups is 1. The highest BCUT2D eigenvalue weighted by Crippen LogP contribution is 2.29. The summed E-state index contributed by atoms with van der Waals surface area (Å²) in [4.78, 5) is 22.9. The standard InChI is InChI=1S/C24H17ClN2O5/c25-21-12-10-19(27(29)30)14-23(21)31-15-20-11-13-22(32-20)24(28)26-18-8-6-17(7-9-18)16-4-2-1-3-5-16/h1-14H,15H2,(H,26,28). The lowest BCUT2D eigenvalue weighted by Crippen LogP contribution is -2.10. The third kappa shape index (κ3) is 4.96. The van der Waals surface area contributed by atoms with Gasteiger partial charge in [-0.15, -0.1) is 0 Å². The largest absolute Gasteiger partial charge is 0.484 e. The number of nitrogens with one attached hydrogen (secondary N) is 1. The van der Waals surface area contributed by atoms with Crippen LogP contribution in [0.4, 0.5) is 11.4 Å². The van der Waals surface area contributed by atoms with Crippen molar-refractivity contribution < 1.29 is 18.9 Å². The summed E-state index contributed by atoms with van der Waals surface area (Å²) in [6, 6.07) is 24.4. The first-order valence-corrected chi connectivity index (χ1v) is 10.00. The van der Waals surface area contributed by atoms with Crippen LogP contribution >= 0.6 is 11.6 Å². The molecule has 4 aromatic rings. The minimum atomic E-state index is -0.537. The predicted molar refractivity (Wildman–Crippen MR) is 121 cm³/mol. The minimum absolute atomic E-state index is 0.0417. The van der Waals surface area contributed by atoms with Crippen molar-refractivity contribution in [2.45, 2.75) is 6.61 Å². The molecule has 160 valence electrons. The molecule has 0 spiro atoms. The Balaban J connectivity index is 1.38. The third-order valence-electron chi connectivity index (χ3n) is 4.63. The van der Waals surface area contributed by atoms with Crippen molar-refractivity contribution in [1.29, 1.82) is 0 Å². The van der Waals surface area contributed by atoms with Gasteiger partial charge in [0.05, 0.1) is 16.0 Å². The van der Waals surface area contributed by atoms with Crippen LogP contribution in [0.3, 0.4) is 0 Å². The first-order valence-electron chi connectivity index (χ1n) is 9.62. The van der Waals surface area contributed by atoms with Crippen LogP contribution in [-0.2, 0) is 6.61 Å². The SMILES string of the molecule is O=C(Nc1ccc(-c2ccccc2)cc1)c1ccc(COc2cc([N+](=O)[O-])ccc2Cl)o1. The maximum absolute atomic E-state index is 12.5. The summed E-state index contributed by atoms with van der Waals surface area (Å²) in [6.45, 7) is -0.0417. The summed E-state index contributed by atoms with van der Waals surface area (Å²) in [7, 11) is 0. The second-order valence-electron chi connectivity index (χ2n) is 6.82. The van der Waals surface area contributed by atoms with E-state index in [2.05, 4.69) is 5.32 Å². The summed E-state index contributed by atoms with van der Waals surface area (Å²) < 4.78 is 11.1. The second-order valence-corrected chi connectivity index (χ2v) is 7.23. The predicted octanol–water partition coefficient (Wildman–Crippen LogP) is 6.34. The fourth-order valence-corrected chi connectivity index (χ4v) is 3.18. The van der Waals surface area contributed by atoms with Gasteiger partial charge >= 0.3 is 0 Å². The molecule has 0 radical (unpaired) electrons. The highest BCUT2D eigenvalue weighted by molar-refractivity contribution is 6.32. The highest BCUT2D eigenvalue weighted by atomic mass is 35.5. The smallest absolute Gasteiger partial charge is 0.291 e. The molecule has 1 amide bonds. The maximum atomic E-state index is 12.5. The average molecular weight is 449 g/mol. The average Bonchev–Trinajstić information content (AvgIpc) is 3.29. The van der Waals surface area contributed by atoms with Gasteiger partial charge in [0, 0.05) is 11.8 Å². The van der Waals surface area contributed by atoms with Crippen LogP contribution < -0.4 is 10.1 Å². The van der Waals surface area contributed by atoms with Crippen molar-refractivity contribution in [3.8, 4) is 16.9 Å². The zero-order valence-electron chi connectivity index (χ0n) is 16.7. The summed E-state index contributed by atoms with van der Waals surface area (Å²) in [5.74, 6) is 0.233. The first-order chi connectivity index (χ1) is 15.5. The van der Waals surface area contributed by atoms with E-state index in [4.69, 9.17) is 20.8 Å². The quantitative estimate of drug-likeness (QED) is 0.263. The molecule has 0 fully saturated rings. The van der Waals surface area contributed by atoms with Gasteiger partial charge in [0.2, 0.25) is 0 Å². The molecule has 0 bridgehead atoms. The van der Waals surface area contributed by atoms with E-state index in [1.807, 2.05) is 54.6 Å². The van der Waals surface area contributed by atoms with Crippen LogP contribution in [0.5, 0.6) is 5.75 Å². The van der Waals surface area contributed by atoms with Crippen molar-refractivity contribution in [2.75, 3.05) is 5.32 Å². The van der Waals surface area contributed by atoms with E-state index in [9.17, 15) is 14.9 Å². The molecule has 0 unspecified atom stereocenters. The molecule has 0 saturated heterocycles. The lowest BCUT2D eigenvalue weighted by atomic mass is 10.1. The number of ether oxygens (including phenoxy) is 1. The van der Waals surface area contributed by atoms with E-state index in [1.165, 1.54) is 24.3 Å². The van der Waals surface area contributed by atoms with E-state index in [0.717, 1.165) is 11.1 Å². The molecule has 0 atom stereocenters. The van der Waals surface area contributed by atoms with Crippen LogP contribution in [-0.4, -0.2) is 10.8 Å². The maximum Gasteiger partial charge on any atom is 0.291 e. The molecule has 4 rings (SSSR count). The van der Waals surface area contributed by atoms with Crippen molar-refractivity contribution >= 4 is 28.9 Å². The molecule has 0 aliphatic heterocycles. The molecule has 1 heterocycles. The van der Waals surface area contributed by atoms with Crippen molar-refractivity contribution in [3.05, 3.63) is 112 Å². The lowest BCUT2D eigenvalue weighted by molar-refractivity contribution is -0.384. The molecule has 1 aromatic heterocycles. The number of furan rings is 1. The molecule has 7 nitrogen and oxygen atoms in total. The molecule has 32 heavy (non-hydrogen) atoms. The molecule has 3 aromatic carbocycles. The fraction of sp³-hybridized carbons (Fsp3) is 0.0417. The molecular weight excluding hydrogens is 432 g/mol. The molecular formula is C24H17ClN2O5. The molecule has 0 aliphatic carbocycles. The van der Waals surface area contributed by atoms with E-state index < -0.39 is 10.8 Å². The molecule has 0 saturated carbocycles. The number of hydrogen-bond donors (Lipinski definition) is 1. The number of carbonyl (C=O) groups excluding carboxylic acids is 1. The monoisotopic (exact) mass is 448 g/mol. The number of nitro benzene ring substituents is 1. The van der Waals surface area contributed by atoms with Gasteiger partial charge in [-0.1, -0.05) is 54.1 Å². The van der Waals surface area contributed by atoms with Crippen LogP contribution in [0.25, 0.3) is 11.1 Å². The Labute approximate surface area is 188 Å². The van der Waals surface area contributed by atoms with Gasteiger partial charge in [0.1, 0.15) is 18.1 Å². The lowest BCUT2D eigenvalue weighted by Gasteiger charge is -2.07. The van der Waals surface area contributed by atoms with Gasteiger partial charge in [0.25, 0.3) is 11.6 Å². The Bertz CT molecular complexity index is 1250. The van der Waals surface area contributed by atoms with E-state index in [1.54, 1.807) is 6.07 Å². The number of amides is 1. The third-order valence-corrected chi connectivity index (χ3v) is 4.94. The molecule has 8 heteroatoms. The zero-order chi connectivity index (χ0) is 22.5. The van der Waals surface area contributed by atoms with E-state index in [0.29, 0.717) is 11.4 Å². The normalized spacial score (nSPS) is 10.5. The van der Waals surface area contributed by atoms with E-state index in [-0.39, 0.29) is 28.8 Å². The number of hydrogen-bond acceptors (Lipinski definition) is 5. The van der Waals surface area contributed by atoms with Crippen molar-refractivity contribution in [2.24, 2.45) is 0 Å². The van der Waals surface area contributed by atoms with Gasteiger partial charge in [0.15, 0.2) is 5.76 Å². The Morgan fingerprint density at radius 2 is 1.69 bits per heavy atom. The summed E-state index contributed by atoms with van der Waals surface area (Å²) in [5.41, 5.74) is 2.63. The molecule has 1 N–H and O–H groups in total. The zero-order valence-corrected chi connectivity index (χ0v) is 17.4. The number of anilines is 1. The van der Waals surface area contributed by atoms with Crippen LogP contribution in [0, 0.1) is 10.1 Å². The number of rotatable bonds is 7. The second kappa shape index (κ2) is 9.36. The van der Waals surface area contributed by atoms with Gasteiger partial charge in [-0.3, -0.25) is 14.9 Å². The Hall–Kier alpha value is -4.10. The summed E-state index contributed by atoms with van der Waals surface area (Å²) in [5, 5.41) is 13.9. The number of benzene rings is 3. The van der Waals surface area contributed by atoms with Gasteiger partial charge in [-0.25, -0.2) is 0 Å². The number of halogens is 1. The van der Waals surface area contributed by atoms with Crippen LogP contribution in [0.2, 0.25) is 5.02 Å². The van der Waals surface area contributed by atoms with Crippen LogP contribution in [0.1, 0.15) is 16.3 Å². The number of nitrogens with zero attached hydrogens (tertiary/aromatic N) is 1. The Morgan fingerprint density at radius 3 is 2.41 bits per heavy atom. The topological polar surface area (TPSA) is 94.6 Å². The van der Waals surface area contributed by atoms with Crippen molar-refractivity contribution in [3.63, 3.8) is 0 Å². The van der Waals surface area contributed by atoms with Crippen molar-refractivity contribution in [1.82, 2.24) is 0 Å². The summed E-state index contributed by atoms with van der Waals surface area (Å²) in [6.07, 6.45) is 0.